The van der Waals surface area contributed by atoms with Crippen LogP contribution in [0.4, 0.5) is 10.6 Å². The molecule has 0 radical (unpaired) electrons. The van der Waals surface area contributed by atoms with Gasteiger partial charge in [-0.05, 0) is 70.4 Å². The number of anilines is 1. The van der Waals surface area contributed by atoms with Gasteiger partial charge in [-0.1, -0.05) is 37.6 Å². The zero-order chi connectivity index (χ0) is 31.9. The van der Waals surface area contributed by atoms with E-state index in [0.29, 0.717) is 64.2 Å². The number of hydrogen-bond donors (Lipinski definition) is 0. The Morgan fingerprint density at radius 3 is 2.50 bits per heavy atom. The Morgan fingerprint density at radius 1 is 1.11 bits per heavy atom. The fourth-order valence-corrected chi connectivity index (χ4v) is 5.86. The van der Waals surface area contributed by atoms with Crippen LogP contribution < -0.4 is 15.3 Å². The summed E-state index contributed by atoms with van der Waals surface area (Å²) < 4.78 is 12.8. The van der Waals surface area contributed by atoms with Crippen LogP contribution in [0.15, 0.2) is 47.4 Å². The second-order valence-electron chi connectivity index (χ2n) is 12.4. The van der Waals surface area contributed by atoms with Gasteiger partial charge in [-0.3, -0.25) is 4.98 Å². The third-order valence-corrected chi connectivity index (χ3v) is 7.93. The Bertz CT molecular complexity index is 1780. The van der Waals surface area contributed by atoms with E-state index in [2.05, 4.69) is 9.97 Å². The Balaban J connectivity index is 1.73. The van der Waals surface area contributed by atoms with E-state index in [1.165, 1.54) is 0 Å². The maximum absolute atomic E-state index is 14.1. The number of amides is 1. The number of halogens is 1. The molecule has 1 saturated heterocycles. The zero-order valence-corrected chi connectivity index (χ0v) is 27.3. The molecule has 1 aliphatic rings. The Hall–Kier alpha value is -4.18. The molecule has 0 N–H and O–H groups in total. The number of pyridine rings is 2. The molecule has 1 atom stereocenters. The highest BCUT2D eigenvalue weighted by Crippen LogP contribution is 2.38. The highest BCUT2D eigenvalue weighted by atomic mass is 35.5. The number of benzene rings is 1. The first kappa shape index (κ1) is 31.3. The Labute approximate surface area is 262 Å². The predicted octanol–water partition coefficient (Wildman–Crippen LogP) is 6.38. The van der Waals surface area contributed by atoms with Crippen molar-refractivity contribution >= 4 is 34.5 Å². The van der Waals surface area contributed by atoms with Crippen LogP contribution in [0.5, 0.6) is 5.75 Å². The van der Waals surface area contributed by atoms with Crippen LogP contribution in [-0.2, 0) is 4.74 Å². The van der Waals surface area contributed by atoms with Gasteiger partial charge in [0.05, 0.1) is 34.6 Å². The minimum atomic E-state index is -0.597. The predicted molar refractivity (Wildman–Crippen MR) is 173 cm³/mol. The zero-order valence-electron chi connectivity index (χ0n) is 26.5. The summed E-state index contributed by atoms with van der Waals surface area (Å²) in [7, 11) is 1.60. The Kier molecular flexibility index (Phi) is 8.57. The second kappa shape index (κ2) is 12.1. The number of aromatic nitrogens is 4. The van der Waals surface area contributed by atoms with Gasteiger partial charge in [0.1, 0.15) is 17.2 Å². The number of para-hydroxylation sites is 1. The number of carbonyl (C=O) groups excluding carboxylic acids is 1. The summed E-state index contributed by atoms with van der Waals surface area (Å²) in [6.07, 6.45) is 1.39. The molecule has 1 aliphatic heterocycles. The van der Waals surface area contributed by atoms with Gasteiger partial charge in [0.25, 0.3) is 0 Å². The van der Waals surface area contributed by atoms with Gasteiger partial charge >= 0.3 is 11.8 Å². The van der Waals surface area contributed by atoms with Crippen molar-refractivity contribution in [3.05, 3.63) is 69.4 Å². The van der Waals surface area contributed by atoms with E-state index in [1.54, 1.807) is 22.8 Å². The molecule has 0 spiro atoms. The van der Waals surface area contributed by atoms with Crippen molar-refractivity contribution in [2.24, 2.45) is 0 Å². The van der Waals surface area contributed by atoms with Gasteiger partial charge in [0, 0.05) is 37.4 Å². The average molecular weight is 619 g/mol. The highest BCUT2D eigenvalue weighted by Gasteiger charge is 2.33. The smallest absolute Gasteiger partial charge is 0.410 e. The summed E-state index contributed by atoms with van der Waals surface area (Å²) >= 11 is 6.96. The molecule has 11 heteroatoms. The summed E-state index contributed by atoms with van der Waals surface area (Å²) in [6, 6.07) is 11.0. The SMILES string of the molecule is COc1ccccc1-c1nc2c(cc1Cl)c(N1CCN(C(=O)OC(C)(C)C)CC1C)nc(=O)n2-c1c(C)ccnc1C(C)C. The van der Waals surface area contributed by atoms with Crippen molar-refractivity contribution in [2.75, 3.05) is 31.6 Å². The lowest BCUT2D eigenvalue weighted by atomic mass is 10.0. The molecule has 4 heterocycles. The summed E-state index contributed by atoms with van der Waals surface area (Å²) in [6.45, 7) is 14.8. The van der Waals surface area contributed by atoms with Crippen molar-refractivity contribution in [1.29, 1.82) is 0 Å². The lowest BCUT2D eigenvalue weighted by molar-refractivity contribution is 0.0218. The average Bonchev–Trinajstić information content (AvgIpc) is 2.96. The van der Waals surface area contributed by atoms with Crippen molar-refractivity contribution in [3.8, 4) is 22.7 Å². The van der Waals surface area contributed by atoms with E-state index in [-0.39, 0.29) is 18.1 Å². The van der Waals surface area contributed by atoms with Crippen LogP contribution in [0.2, 0.25) is 5.02 Å². The first-order chi connectivity index (χ1) is 20.8. The van der Waals surface area contributed by atoms with Crippen molar-refractivity contribution < 1.29 is 14.3 Å². The number of rotatable bonds is 5. The standard InChI is InChI=1S/C33H39ClN6O4/c1-19(2)26-28(20(3)13-14-35-26)40-30-23(17-24(34)27(36-30)22-11-9-10-12-25(22)43-8)29(37-31(40)41)39-16-15-38(18-21(39)4)32(42)44-33(5,6)7/h9-14,17,19,21H,15-16,18H2,1-8H3. The first-order valence-corrected chi connectivity index (χ1v) is 15.2. The molecule has 0 aliphatic carbocycles. The van der Waals surface area contributed by atoms with E-state index in [4.69, 9.17) is 26.1 Å². The van der Waals surface area contributed by atoms with Crippen molar-refractivity contribution in [3.63, 3.8) is 0 Å². The van der Waals surface area contributed by atoms with Gasteiger partial charge in [-0.2, -0.15) is 4.98 Å². The summed E-state index contributed by atoms with van der Waals surface area (Å²) in [5, 5.41) is 1.01. The summed E-state index contributed by atoms with van der Waals surface area (Å²) in [5.41, 5.74) is 2.80. The van der Waals surface area contributed by atoms with Crippen LogP contribution in [-0.4, -0.2) is 68.9 Å². The number of nitrogens with zero attached hydrogens (tertiary/aromatic N) is 6. The number of carbonyl (C=O) groups is 1. The largest absolute Gasteiger partial charge is 0.496 e. The molecular weight excluding hydrogens is 580 g/mol. The lowest BCUT2D eigenvalue weighted by Crippen LogP contribution is -2.55. The molecule has 44 heavy (non-hydrogen) atoms. The summed E-state index contributed by atoms with van der Waals surface area (Å²) in [4.78, 5) is 45.0. The molecule has 10 nitrogen and oxygen atoms in total. The maximum atomic E-state index is 14.1. The van der Waals surface area contributed by atoms with Gasteiger partial charge in [-0.15, -0.1) is 0 Å². The molecule has 5 rings (SSSR count). The van der Waals surface area contributed by atoms with E-state index < -0.39 is 11.3 Å². The third-order valence-electron chi connectivity index (χ3n) is 7.64. The lowest BCUT2D eigenvalue weighted by Gasteiger charge is -2.41. The minimum absolute atomic E-state index is 0.0356. The molecule has 0 saturated carbocycles. The van der Waals surface area contributed by atoms with Crippen LogP contribution in [0.25, 0.3) is 28.0 Å². The monoisotopic (exact) mass is 618 g/mol. The van der Waals surface area contributed by atoms with Crippen LogP contribution in [0, 0.1) is 6.92 Å². The van der Waals surface area contributed by atoms with Gasteiger partial charge in [-0.25, -0.2) is 19.1 Å². The number of methoxy groups -OCH3 is 1. The number of ether oxygens (including phenoxy) is 2. The van der Waals surface area contributed by atoms with Crippen LogP contribution in [0.1, 0.15) is 58.7 Å². The van der Waals surface area contributed by atoms with Gasteiger partial charge < -0.3 is 19.3 Å². The van der Waals surface area contributed by atoms with Crippen molar-refractivity contribution in [2.45, 2.75) is 66.0 Å². The van der Waals surface area contributed by atoms with Crippen molar-refractivity contribution in [1.82, 2.24) is 24.4 Å². The van der Waals surface area contributed by atoms with E-state index in [9.17, 15) is 9.59 Å². The minimum Gasteiger partial charge on any atom is -0.496 e. The molecular formula is C33H39ClN6O4. The van der Waals surface area contributed by atoms with Gasteiger partial charge in [0.2, 0.25) is 0 Å². The Morgan fingerprint density at radius 2 is 1.84 bits per heavy atom. The highest BCUT2D eigenvalue weighted by molar-refractivity contribution is 6.34. The third kappa shape index (κ3) is 5.95. The molecule has 1 aromatic carbocycles. The van der Waals surface area contributed by atoms with Crippen LogP contribution in [0.3, 0.4) is 0 Å². The van der Waals surface area contributed by atoms with E-state index in [0.717, 1.165) is 11.3 Å². The second-order valence-corrected chi connectivity index (χ2v) is 12.8. The van der Waals surface area contributed by atoms with E-state index in [1.807, 2.05) is 89.8 Å². The number of aryl methyl sites for hydroxylation is 1. The molecule has 1 unspecified atom stereocenters. The fraction of sp³-hybridized carbons (Fsp3) is 0.424. The molecule has 1 amide bonds. The molecule has 0 bridgehead atoms. The first-order valence-electron chi connectivity index (χ1n) is 14.8. The van der Waals surface area contributed by atoms with Gasteiger partial charge in [0.15, 0.2) is 5.65 Å². The number of hydrogen-bond acceptors (Lipinski definition) is 8. The molecule has 232 valence electrons. The number of fused-ring (bicyclic) bond motifs is 1. The summed E-state index contributed by atoms with van der Waals surface area (Å²) in [5.74, 6) is 1.11. The fourth-order valence-electron chi connectivity index (χ4n) is 5.60. The topological polar surface area (TPSA) is 103 Å². The normalized spacial score (nSPS) is 15.6. The number of piperazine rings is 1. The van der Waals surface area contributed by atoms with Crippen LogP contribution >= 0.6 is 11.6 Å². The van der Waals surface area contributed by atoms with E-state index >= 15 is 0 Å². The molecule has 3 aromatic heterocycles. The molecule has 4 aromatic rings. The quantitative estimate of drug-likeness (QED) is 0.254. The molecule has 1 fully saturated rings. The maximum Gasteiger partial charge on any atom is 0.410 e.